The summed E-state index contributed by atoms with van der Waals surface area (Å²) in [7, 11) is 3.50. The second kappa shape index (κ2) is 5.40. The second-order valence-corrected chi connectivity index (χ2v) is 5.04. The minimum Gasteiger partial charge on any atom is -0.478 e. The lowest BCUT2D eigenvalue weighted by molar-refractivity contribution is -0.129. The average Bonchev–Trinajstić information content (AvgIpc) is 2.77. The molecule has 0 aliphatic carbocycles. The fraction of sp³-hybridized carbons (Fsp3) is 0.429. The van der Waals surface area contributed by atoms with Crippen LogP contribution < -0.4 is 0 Å². The lowest BCUT2D eigenvalue weighted by Crippen LogP contribution is -2.27. The molecule has 5 heteroatoms. The van der Waals surface area contributed by atoms with Crippen molar-refractivity contribution in [2.24, 2.45) is 0 Å². The van der Waals surface area contributed by atoms with Crippen LogP contribution in [0.5, 0.6) is 0 Å². The van der Waals surface area contributed by atoms with Gasteiger partial charge in [0.25, 0.3) is 0 Å². The van der Waals surface area contributed by atoms with Crippen LogP contribution in [0, 0.1) is 0 Å². The molecule has 102 valence electrons. The Labute approximate surface area is 112 Å². The summed E-state index contributed by atoms with van der Waals surface area (Å²) in [5.41, 5.74) is 2.53. The Morgan fingerprint density at radius 3 is 2.58 bits per heavy atom. The number of amides is 1. The Hall–Kier alpha value is -1.88. The Morgan fingerprint density at radius 2 is 1.95 bits per heavy atom. The minimum absolute atomic E-state index is 0.113. The Kier molecular flexibility index (Phi) is 3.85. The van der Waals surface area contributed by atoms with E-state index in [1.165, 1.54) is 0 Å². The maximum atomic E-state index is 11.5. The van der Waals surface area contributed by atoms with Crippen molar-refractivity contribution in [1.29, 1.82) is 0 Å². The first-order valence-electron chi connectivity index (χ1n) is 6.25. The molecule has 0 atom stereocenters. The maximum absolute atomic E-state index is 11.5. The van der Waals surface area contributed by atoms with Crippen molar-refractivity contribution in [1.82, 2.24) is 9.80 Å². The fourth-order valence-corrected chi connectivity index (χ4v) is 2.23. The van der Waals surface area contributed by atoms with Crippen molar-refractivity contribution in [2.75, 3.05) is 20.6 Å². The van der Waals surface area contributed by atoms with Gasteiger partial charge in [-0.25, -0.2) is 4.79 Å². The summed E-state index contributed by atoms with van der Waals surface area (Å²) >= 11 is 0. The molecule has 0 unspecified atom stereocenters. The standard InChI is InChI=1S/C14H18N2O3/c1-15(2)13(17)5-6-16-8-11-4-3-10(14(18)19)7-12(11)9-16/h3-4,7H,5-6,8-9H2,1-2H3,(H,18,19). The van der Waals surface area contributed by atoms with Gasteiger partial charge >= 0.3 is 5.97 Å². The molecule has 1 heterocycles. The van der Waals surface area contributed by atoms with Crippen LogP contribution in [-0.2, 0) is 17.9 Å². The molecule has 0 spiro atoms. The average molecular weight is 262 g/mol. The molecule has 1 aromatic carbocycles. The zero-order valence-electron chi connectivity index (χ0n) is 11.2. The molecular weight excluding hydrogens is 244 g/mol. The summed E-state index contributed by atoms with van der Waals surface area (Å²) in [6.45, 7) is 2.21. The zero-order chi connectivity index (χ0) is 14.0. The van der Waals surface area contributed by atoms with Gasteiger partial charge in [0, 0.05) is 40.2 Å². The quantitative estimate of drug-likeness (QED) is 0.885. The molecule has 19 heavy (non-hydrogen) atoms. The highest BCUT2D eigenvalue weighted by Crippen LogP contribution is 2.24. The number of aromatic carboxylic acids is 1. The molecule has 2 rings (SSSR count). The van der Waals surface area contributed by atoms with Crippen LogP contribution in [-0.4, -0.2) is 47.4 Å². The highest BCUT2D eigenvalue weighted by atomic mass is 16.4. The molecule has 0 aromatic heterocycles. The summed E-state index contributed by atoms with van der Waals surface area (Å²) in [5, 5.41) is 8.96. The number of carboxylic acids is 1. The highest BCUT2D eigenvalue weighted by molar-refractivity contribution is 5.88. The molecule has 0 fully saturated rings. The van der Waals surface area contributed by atoms with Crippen LogP contribution in [0.25, 0.3) is 0 Å². The van der Waals surface area contributed by atoms with E-state index in [1.807, 2.05) is 6.07 Å². The van der Waals surface area contributed by atoms with Crippen LogP contribution in [0.1, 0.15) is 27.9 Å². The van der Waals surface area contributed by atoms with E-state index in [1.54, 1.807) is 31.1 Å². The van der Waals surface area contributed by atoms with E-state index in [0.29, 0.717) is 18.5 Å². The van der Waals surface area contributed by atoms with Gasteiger partial charge in [-0.2, -0.15) is 0 Å². The molecule has 5 nitrogen and oxygen atoms in total. The second-order valence-electron chi connectivity index (χ2n) is 5.04. The number of carbonyl (C=O) groups excluding carboxylic acids is 1. The summed E-state index contributed by atoms with van der Waals surface area (Å²) in [6.07, 6.45) is 0.493. The third kappa shape index (κ3) is 3.12. The summed E-state index contributed by atoms with van der Waals surface area (Å²) in [4.78, 5) is 26.2. The van der Waals surface area contributed by atoms with Gasteiger partial charge in [0.15, 0.2) is 0 Å². The van der Waals surface area contributed by atoms with Gasteiger partial charge < -0.3 is 10.0 Å². The third-order valence-electron chi connectivity index (χ3n) is 3.38. The normalized spacial score (nSPS) is 14.2. The number of rotatable bonds is 4. The van der Waals surface area contributed by atoms with Crippen LogP contribution >= 0.6 is 0 Å². The van der Waals surface area contributed by atoms with Gasteiger partial charge in [0.1, 0.15) is 0 Å². The van der Waals surface area contributed by atoms with Crippen molar-refractivity contribution >= 4 is 11.9 Å². The van der Waals surface area contributed by atoms with Gasteiger partial charge in [-0.1, -0.05) is 6.07 Å². The van der Waals surface area contributed by atoms with Gasteiger partial charge in [0.2, 0.25) is 5.91 Å². The molecule has 1 amide bonds. The highest BCUT2D eigenvalue weighted by Gasteiger charge is 2.20. The van der Waals surface area contributed by atoms with Gasteiger partial charge in [-0.05, 0) is 23.3 Å². The Balaban J connectivity index is 1.97. The van der Waals surface area contributed by atoms with E-state index < -0.39 is 5.97 Å². The third-order valence-corrected chi connectivity index (χ3v) is 3.38. The van der Waals surface area contributed by atoms with Gasteiger partial charge in [0.05, 0.1) is 5.56 Å². The van der Waals surface area contributed by atoms with E-state index in [-0.39, 0.29) is 5.91 Å². The van der Waals surface area contributed by atoms with Crippen LogP contribution in [0.3, 0.4) is 0 Å². The van der Waals surface area contributed by atoms with Crippen LogP contribution in [0.4, 0.5) is 0 Å². The number of hydrogen-bond donors (Lipinski definition) is 1. The van der Waals surface area contributed by atoms with Crippen molar-refractivity contribution in [3.63, 3.8) is 0 Å². The first kappa shape index (κ1) is 13.5. The first-order valence-corrected chi connectivity index (χ1v) is 6.25. The Morgan fingerprint density at radius 1 is 1.26 bits per heavy atom. The molecular formula is C14H18N2O3. The van der Waals surface area contributed by atoms with E-state index in [4.69, 9.17) is 5.11 Å². The lowest BCUT2D eigenvalue weighted by Gasteiger charge is -2.16. The summed E-state index contributed by atoms with van der Waals surface area (Å²) in [6, 6.07) is 5.23. The molecule has 1 aliphatic rings. The van der Waals surface area contributed by atoms with Crippen LogP contribution in [0.2, 0.25) is 0 Å². The van der Waals surface area contributed by atoms with Crippen LogP contribution in [0.15, 0.2) is 18.2 Å². The predicted molar refractivity (Wildman–Crippen MR) is 70.8 cm³/mol. The van der Waals surface area contributed by atoms with Gasteiger partial charge in [-0.3, -0.25) is 9.69 Å². The lowest BCUT2D eigenvalue weighted by atomic mass is 10.1. The molecule has 0 radical (unpaired) electrons. The minimum atomic E-state index is -0.899. The zero-order valence-corrected chi connectivity index (χ0v) is 11.2. The van der Waals surface area contributed by atoms with Crippen molar-refractivity contribution < 1.29 is 14.7 Å². The van der Waals surface area contributed by atoms with E-state index in [9.17, 15) is 9.59 Å². The predicted octanol–water partition coefficient (Wildman–Crippen LogP) is 1.18. The number of fused-ring (bicyclic) bond motifs is 1. The monoisotopic (exact) mass is 262 g/mol. The molecule has 1 aliphatic heterocycles. The molecule has 0 saturated carbocycles. The van der Waals surface area contributed by atoms with Crippen molar-refractivity contribution in [2.45, 2.75) is 19.5 Å². The number of hydrogen-bond acceptors (Lipinski definition) is 3. The van der Waals surface area contributed by atoms with Crippen molar-refractivity contribution in [3.05, 3.63) is 34.9 Å². The smallest absolute Gasteiger partial charge is 0.335 e. The summed E-state index contributed by atoms with van der Waals surface area (Å²) < 4.78 is 0. The Bertz CT molecular complexity index is 511. The maximum Gasteiger partial charge on any atom is 0.335 e. The molecule has 0 bridgehead atoms. The first-order chi connectivity index (χ1) is 8.97. The topological polar surface area (TPSA) is 60.9 Å². The van der Waals surface area contributed by atoms with E-state index in [2.05, 4.69) is 4.90 Å². The fourth-order valence-electron chi connectivity index (χ4n) is 2.23. The molecule has 1 aromatic rings. The number of carboxylic acid groups (broad SMARTS) is 1. The molecule has 0 saturated heterocycles. The van der Waals surface area contributed by atoms with E-state index >= 15 is 0 Å². The largest absolute Gasteiger partial charge is 0.478 e. The SMILES string of the molecule is CN(C)C(=O)CCN1Cc2ccc(C(=O)O)cc2C1. The van der Waals surface area contributed by atoms with Gasteiger partial charge in [-0.15, -0.1) is 0 Å². The number of carbonyl (C=O) groups is 2. The summed E-state index contributed by atoms with van der Waals surface area (Å²) in [5.74, 6) is -0.786. The number of benzene rings is 1. The molecule has 1 N–H and O–H groups in total. The number of nitrogens with zero attached hydrogens (tertiary/aromatic N) is 2. The van der Waals surface area contributed by atoms with E-state index in [0.717, 1.165) is 24.2 Å². The van der Waals surface area contributed by atoms with Crippen molar-refractivity contribution in [3.8, 4) is 0 Å².